The van der Waals surface area contributed by atoms with E-state index in [0.717, 1.165) is 23.3 Å². The first-order valence-corrected chi connectivity index (χ1v) is 11.1. The fraction of sp³-hybridized carbons (Fsp3) is 0.400. The number of benzene rings is 2. The summed E-state index contributed by atoms with van der Waals surface area (Å²) < 4.78 is 13.0. The van der Waals surface area contributed by atoms with Gasteiger partial charge in [-0.05, 0) is 42.2 Å². The summed E-state index contributed by atoms with van der Waals surface area (Å²) in [6.07, 6.45) is 2.55. The summed E-state index contributed by atoms with van der Waals surface area (Å²) >= 11 is 0. The molecule has 4 rings (SSSR count). The third-order valence-electron chi connectivity index (χ3n) is 5.75. The highest BCUT2D eigenvalue weighted by molar-refractivity contribution is 5.80. The van der Waals surface area contributed by atoms with Crippen molar-refractivity contribution in [1.82, 2.24) is 14.9 Å². The van der Waals surface area contributed by atoms with Crippen LogP contribution in [0, 0.1) is 12.8 Å². The second kappa shape index (κ2) is 9.42. The number of aryl methyl sites for hydroxylation is 2. The summed E-state index contributed by atoms with van der Waals surface area (Å²) in [4.78, 5) is 30.0. The van der Waals surface area contributed by atoms with Crippen LogP contribution in [0.15, 0.2) is 47.5 Å². The average molecular weight is 436 g/mol. The molecule has 7 nitrogen and oxygen atoms in total. The molecule has 1 aliphatic rings. The lowest BCUT2D eigenvalue weighted by Gasteiger charge is -2.24. The monoisotopic (exact) mass is 435 g/mol. The molecule has 1 aromatic heterocycles. The standard InChI is InChI=1S/C25H29N3O4/c1-16(2)23(18-8-9-20-21(14-18)32-13-5-12-31-20)27-22(29)10-11-28-15-26-24-17(3)6-4-7-19(24)25(28)30/h4,6-9,14-16,23H,5,10-13H2,1-3H3,(H,27,29)/t23-/m0/s1. The van der Waals surface area contributed by atoms with E-state index in [9.17, 15) is 9.59 Å². The van der Waals surface area contributed by atoms with Crippen molar-refractivity contribution in [2.75, 3.05) is 13.2 Å². The van der Waals surface area contributed by atoms with Gasteiger partial charge in [-0.2, -0.15) is 0 Å². The van der Waals surface area contributed by atoms with Gasteiger partial charge < -0.3 is 14.8 Å². The number of nitrogens with zero attached hydrogens (tertiary/aromatic N) is 2. The average Bonchev–Trinajstić information content (AvgIpc) is 3.02. The Labute approximate surface area is 187 Å². The van der Waals surface area contributed by atoms with E-state index in [1.807, 2.05) is 37.3 Å². The molecule has 0 bridgehead atoms. The van der Waals surface area contributed by atoms with E-state index in [4.69, 9.17) is 9.47 Å². The fourth-order valence-electron chi connectivity index (χ4n) is 3.97. The predicted molar refractivity (Wildman–Crippen MR) is 123 cm³/mol. The van der Waals surface area contributed by atoms with Gasteiger partial charge >= 0.3 is 0 Å². The topological polar surface area (TPSA) is 82.5 Å². The quantitative estimate of drug-likeness (QED) is 0.637. The molecule has 1 atom stereocenters. The zero-order valence-electron chi connectivity index (χ0n) is 18.8. The van der Waals surface area contributed by atoms with Crippen molar-refractivity contribution in [2.24, 2.45) is 5.92 Å². The van der Waals surface area contributed by atoms with Crippen LogP contribution in [0.25, 0.3) is 10.9 Å². The van der Waals surface area contributed by atoms with Crippen LogP contribution in [0.4, 0.5) is 0 Å². The van der Waals surface area contributed by atoms with Gasteiger partial charge in [-0.1, -0.05) is 32.0 Å². The summed E-state index contributed by atoms with van der Waals surface area (Å²) in [5.41, 5.74) is 2.50. The van der Waals surface area contributed by atoms with Gasteiger partial charge in [0.05, 0.1) is 36.5 Å². The van der Waals surface area contributed by atoms with Crippen LogP contribution >= 0.6 is 0 Å². The van der Waals surface area contributed by atoms with Crippen molar-refractivity contribution >= 4 is 16.8 Å². The molecule has 2 aromatic carbocycles. The maximum Gasteiger partial charge on any atom is 0.261 e. The molecule has 0 unspecified atom stereocenters. The lowest BCUT2D eigenvalue weighted by Crippen LogP contribution is -2.33. The Kier molecular flexibility index (Phi) is 6.44. The second-order valence-electron chi connectivity index (χ2n) is 8.51. The number of ether oxygens (including phenoxy) is 2. The minimum Gasteiger partial charge on any atom is -0.490 e. The summed E-state index contributed by atoms with van der Waals surface area (Å²) in [5.74, 6) is 1.51. The molecule has 7 heteroatoms. The van der Waals surface area contributed by atoms with E-state index in [0.29, 0.717) is 29.9 Å². The van der Waals surface area contributed by atoms with Crippen LogP contribution in [0.2, 0.25) is 0 Å². The van der Waals surface area contributed by atoms with Crippen molar-refractivity contribution < 1.29 is 14.3 Å². The minimum atomic E-state index is -0.172. The highest BCUT2D eigenvalue weighted by Gasteiger charge is 2.21. The number of carbonyl (C=O) groups excluding carboxylic acids is 1. The second-order valence-corrected chi connectivity index (χ2v) is 8.51. The Balaban J connectivity index is 1.46. The molecule has 0 spiro atoms. The Morgan fingerprint density at radius 1 is 1.16 bits per heavy atom. The SMILES string of the molecule is Cc1cccc2c(=O)n(CCC(=O)N[C@H](c3ccc4c(c3)OCCCO4)C(C)C)cnc12. The number of carbonyl (C=O) groups is 1. The Morgan fingerprint density at radius 2 is 1.94 bits per heavy atom. The first-order valence-electron chi connectivity index (χ1n) is 11.1. The molecule has 0 saturated heterocycles. The molecule has 32 heavy (non-hydrogen) atoms. The lowest BCUT2D eigenvalue weighted by molar-refractivity contribution is -0.122. The summed E-state index contributed by atoms with van der Waals surface area (Å²) in [7, 11) is 0. The maximum atomic E-state index is 12.8. The van der Waals surface area contributed by atoms with Crippen LogP contribution in [-0.4, -0.2) is 28.7 Å². The first-order chi connectivity index (χ1) is 15.4. The van der Waals surface area contributed by atoms with Crippen molar-refractivity contribution in [3.63, 3.8) is 0 Å². The number of fused-ring (bicyclic) bond motifs is 2. The van der Waals surface area contributed by atoms with Gasteiger partial charge in [0.2, 0.25) is 5.91 Å². The Hall–Kier alpha value is -3.35. The van der Waals surface area contributed by atoms with Crippen molar-refractivity contribution in [3.8, 4) is 11.5 Å². The van der Waals surface area contributed by atoms with Crippen molar-refractivity contribution in [2.45, 2.75) is 46.2 Å². The number of amides is 1. The number of hydrogen-bond donors (Lipinski definition) is 1. The molecule has 3 aromatic rings. The van der Waals surface area contributed by atoms with Crippen molar-refractivity contribution in [1.29, 1.82) is 0 Å². The Morgan fingerprint density at radius 3 is 2.72 bits per heavy atom. The number of aromatic nitrogens is 2. The first kappa shape index (κ1) is 21.9. The largest absolute Gasteiger partial charge is 0.490 e. The van der Waals surface area contributed by atoms with Gasteiger partial charge in [0.25, 0.3) is 5.56 Å². The number of nitrogens with one attached hydrogen (secondary N) is 1. The molecule has 0 fully saturated rings. The minimum absolute atomic E-state index is 0.118. The van der Waals surface area contributed by atoms with Gasteiger partial charge in [-0.15, -0.1) is 0 Å². The van der Waals surface area contributed by atoms with Crippen LogP contribution in [0.1, 0.15) is 43.9 Å². The van der Waals surface area contributed by atoms with Crippen LogP contribution < -0.4 is 20.3 Å². The lowest BCUT2D eigenvalue weighted by atomic mass is 9.95. The summed E-state index contributed by atoms with van der Waals surface area (Å²) in [6, 6.07) is 11.2. The molecule has 0 radical (unpaired) electrons. The highest BCUT2D eigenvalue weighted by atomic mass is 16.5. The van der Waals surface area contributed by atoms with Crippen LogP contribution in [-0.2, 0) is 11.3 Å². The molecular formula is C25H29N3O4. The number of rotatable bonds is 6. The molecule has 1 N–H and O–H groups in total. The smallest absolute Gasteiger partial charge is 0.261 e. The third-order valence-corrected chi connectivity index (χ3v) is 5.75. The zero-order valence-corrected chi connectivity index (χ0v) is 18.8. The molecule has 168 valence electrons. The molecule has 0 saturated carbocycles. The maximum absolute atomic E-state index is 12.8. The van der Waals surface area contributed by atoms with Gasteiger partial charge in [-0.3, -0.25) is 14.2 Å². The van der Waals surface area contributed by atoms with E-state index < -0.39 is 0 Å². The van der Waals surface area contributed by atoms with Gasteiger partial charge in [0, 0.05) is 19.4 Å². The molecule has 1 aliphatic heterocycles. The highest BCUT2D eigenvalue weighted by Crippen LogP contribution is 2.34. The molecule has 2 heterocycles. The van der Waals surface area contributed by atoms with Crippen molar-refractivity contribution in [3.05, 3.63) is 64.2 Å². The fourth-order valence-corrected chi connectivity index (χ4v) is 3.97. The third kappa shape index (κ3) is 4.61. The summed E-state index contributed by atoms with van der Waals surface area (Å²) in [6.45, 7) is 7.58. The number of hydrogen-bond acceptors (Lipinski definition) is 5. The molecule has 1 amide bonds. The van der Waals surface area contributed by atoms with Gasteiger partial charge in [0.15, 0.2) is 11.5 Å². The molecular weight excluding hydrogens is 406 g/mol. The molecule has 0 aliphatic carbocycles. The van der Waals surface area contributed by atoms with Crippen LogP contribution in [0.3, 0.4) is 0 Å². The normalized spacial score (nSPS) is 14.2. The van der Waals surface area contributed by atoms with E-state index in [-0.39, 0.29) is 36.4 Å². The van der Waals surface area contributed by atoms with E-state index in [1.165, 1.54) is 10.9 Å². The Bertz CT molecular complexity index is 1190. The van der Waals surface area contributed by atoms with E-state index in [2.05, 4.69) is 24.1 Å². The van der Waals surface area contributed by atoms with Gasteiger partial charge in [0.1, 0.15) is 0 Å². The van der Waals surface area contributed by atoms with E-state index in [1.54, 1.807) is 6.07 Å². The van der Waals surface area contributed by atoms with E-state index >= 15 is 0 Å². The van der Waals surface area contributed by atoms with Crippen LogP contribution in [0.5, 0.6) is 11.5 Å². The van der Waals surface area contributed by atoms with Gasteiger partial charge in [-0.25, -0.2) is 4.98 Å². The summed E-state index contributed by atoms with van der Waals surface area (Å²) in [5, 5.41) is 3.69. The predicted octanol–water partition coefficient (Wildman–Crippen LogP) is 3.77. The number of para-hydroxylation sites is 1. The zero-order chi connectivity index (χ0) is 22.7.